The van der Waals surface area contributed by atoms with E-state index in [0.29, 0.717) is 25.0 Å². The Balaban J connectivity index is 1.60. The lowest BCUT2D eigenvalue weighted by molar-refractivity contribution is 0.120. The van der Waals surface area contributed by atoms with Gasteiger partial charge in [-0.3, -0.25) is 0 Å². The average molecular weight is 467 g/mol. The second kappa shape index (κ2) is 11.2. The molecule has 2 heteroatoms. The topological polar surface area (TPSA) is 18.5 Å². The monoisotopic (exact) mass is 466 g/mol. The Hall–Kier alpha value is -3.00. The third-order valence-corrected chi connectivity index (χ3v) is 7.69. The Morgan fingerprint density at radius 1 is 0.629 bits per heavy atom. The molecule has 0 radical (unpaired) electrons. The Labute approximate surface area is 210 Å². The van der Waals surface area contributed by atoms with E-state index in [9.17, 15) is 0 Å². The smallest absolute Gasteiger partial charge is 0.127 e. The largest absolute Gasteiger partial charge is 0.492 e. The highest BCUT2D eigenvalue weighted by Gasteiger charge is 2.27. The molecule has 1 unspecified atom stereocenters. The second-order valence-electron chi connectivity index (χ2n) is 10.1. The Kier molecular flexibility index (Phi) is 7.57. The molecule has 2 nitrogen and oxygen atoms in total. The molecule has 182 valence electrons. The predicted octanol–water partition coefficient (Wildman–Crippen LogP) is 9.43. The van der Waals surface area contributed by atoms with Crippen LogP contribution in [0, 0.1) is 11.8 Å². The molecule has 0 aromatic heterocycles. The fourth-order valence-corrected chi connectivity index (χ4v) is 5.79. The van der Waals surface area contributed by atoms with Crippen LogP contribution < -0.4 is 9.47 Å². The van der Waals surface area contributed by atoms with Gasteiger partial charge in [0.15, 0.2) is 0 Å². The summed E-state index contributed by atoms with van der Waals surface area (Å²) in [4.78, 5) is 0. The predicted molar refractivity (Wildman–Crippen MR) is 149 cm³/mol. The number of unbranched alkanes of at least 4 members (excludes halogenated alkanes) is 3. The maximum atomic E-state index is 6.71. The molecule has 1 aliphatic heterocycles. The van der Waals surface area contributed by atoms with Gasteiger partial charge in [-0.1, -0.05) is 113 Å². The average Bonchev–Trinajstić information content (AvgIpc) is 2.98. The maximum absolute atomic E-state index is 6.71. The van der Waals surface area contributed by atoms with Gasteiger partial charge in [0.25, 0.3) is 0 Å². The van der Waals surface area contributed by atoms with Gasteiger partial charge >= 0.3 is 0 Å². The molecular weight excluding hydrogens is 428 g/mol. The molecular formula is C33H38O2. The number of fused-ring (bicyclic) bond motifs is 7. The third kappa shape index (κ3) is 5.03. The van der Waals surface area contributed by atoms with E-state index in [2.05, 4.69) is 86.6 Å². The van der Waals surface area contributed by atoms with Crippen molar-refractivity contribution in [3.63, 3.8) is 0 Å². The summed E-state index contributed by atoms with van der Waals surface area (Å²) < 4.78 is 13.4. The molecule has 0 spiro atoms. The molecule has 0 amide bonds. The lowest BCUT2D eigenvalue weighted by Crippen LogP contribution is -2.28. The van der Waals surface area contributed by atoms with E-state index in [1.54, 1.807) is 0 Å². The first-order valence-corrected chi connectivity index (χ1v) is 13.6. The minimum atomic E-state index is 0.383. The molecule has 1 aliphatic rings. The quantitative estimate of drug-likeness (QED) is 0.241. The van der Waals surface area contributed by atoms with Gasteiger partial charge in [-0.15, -0.1) is 0 Å². The van der Waals surface area contributed by atoms with Crippen LogP contribution in [0.25, 0.3) is 32.7 Å². The van der Waals surface area contributed by atoms with E-state index in [1.165, 1.54) is 66.5 Å². The second-order valence-corrected chi connectivity index (χ2v) is 10.1. The number of hydrogen-bond donors (Lipinski definition) is 0. The van der Waals surface area contributed by atoms with Crippen molar-refractivity contribution in [2.24, 2.45) is 11.8 Å². The standard InChI is InChI=1S/C33H38O2/c1-3-5-6-7-13-24(12-4-2)27-22-34-30-20-18-25-14-8-10-16-28(25)32(30)33-29-17-11-9-15-26(29)19-21-31(33)35-23-27/h8-11,14-21,24,27H,3-7,12-13,22-23H2,1-2H3. The highest BCUT2D eigenvalue weighted by Crippen LogP contribution is 2.46. The normalized spacial score (nSPS) is 14.8. The van der Waals surface area contributed by atoms with Crippen molar-refractivity contribution in [3.8, 4) is 22.6 Å². The van der Waals surface area contributed by atoms with Crippen molar-refractivity contribution in [1.29, 1.82) is 0 Å². The van der Waals surface area contributed by atoms with Crippen molar-refractivity contribution in [1.82, 2.24) is 0 Å². The van der Waals surface area contributed by atoms with Crippen molar-refractivity contribution in [2.45, 2.75) is 58.8 Å². The van der Waals surface area contributed by atoms with Crippen LogP contribution in [0.3, 0.4) is 0 Å². The summed E-state index contributed by atoms with van der Waals surface area (Å²) in [6.07, 6.45) is 8.95. The van der Waals surface area contributed by atoms with Crippen molar-refractivity contribution >= 4 is 21.5 Å². The van der Waals surface area contributed by atoms with E-state index in [-0.39, 0.29) is 0 Å². The van der Waals surface area contributed by atoms with Gasteiger partial charge in [0.1, 0.15) is 11.5 Å². The van der Waals surface area contributed by atoms with Crippen LogP contribution in [0.2, 0.25) is 0 Å². The van der Waals surface area contributed by atoms with Crippen molar-refractivity contribution in [3.05, 3.63) is 72.8 Å². The summed E-state index contributed by atoms with van der Waals surface area (Å²) in [5.41, 5.74) is 2.32. The van der Waals surface area contributed by atoms with Crippen LogP contribution >= 0.6 is 0 Å². The van der Waals surface area contributed by atoms with Crippen LogP contribution in [-0.2, 0) is 0 Å². The number of benzene rings is 4. The van der Waals surface area contributed by atoms with Crippen LogP contribution in [0.5, 0.6) is 11.5 Å². The number of ether oxygens (including phenoxy) is 2. The van der Waals surface area contributed by atoms with E-state index >= 15 is 0 Å². The Bertz CT molecular complexity index is 1190. The molecule has 35 heavy (non-hydrogen) atoms. The van der Waals surface area contributed by atoms with Gasteiger partial charge in [0, 0.05) is 17.0 Å². The molecule has 0 saturated carbocycles. The summed E-state index contributed by atoms with van der Waals surface area (Å²) in [5.74, 6) is 2.95. The minimum absolute atomic E-state index is 0.383. The van der Waals surface area contributed by atoms with Crippen LogP contribution in [0.1, 0.15) is 58.8 Å². The molecule has 4 aromatic rings. The Morgan fingerprint density at radius 3 is 1.74 bits per heavy atom. The van der Waals surface area contributed by atoms with Gasteiger partial charge < -0.3 is 9.47 Å². The van der Waals surface area contributed by atoms with Gasteiger partial charge in [0.05, 0.1) is 13.2 Å². The zero-order valence-electron chi connectivity index (χ0n) is 21.3. The van der Waals surface area contributed by atoms with Gasteiger partial charge in [-0.2, -0.15) is 0 Å². The first-order chi connectivity index (χ1) is 17.3. The summed E-state index contributed by atoms with van der Waals surface area (Å²) in [6.45, 7) is 6.00. The minimum Gasteiger partial charge on any atom is -0.492 e. The molecule has 0 bridgehead atoms. The summed E-state index contributed by atoms with van der Waals surface area (Å²) in [7, 11) is 0. The third-order valence-electron chi connectivity index (χ3n) is 7.69. The highest BCUT2D eigenvalue weighted by atomic mass is 16.5. The molecule has 0 fully saturated rings. The summed E-state index contributed by atoms with van der Waals surface area (Å²) in [5, 5.41) is 4.89. The molecule has 0 N–H and O–H groups in total. The fourth-order valence-electron chi connectivity index (χ4n) is 5.79. The molecule has 1 atom stereocenters. The van der Waals surface area contributed by atoms with Crippen LogP contribution in [-0.4, -0.2) is 13.2 Å². The Morgan fingerprint density at radius 2 is 1.20 bits per heavy atom. The first-order valence-electron chi connectivity index (χ1n) is 13.6. The van der Waals surface area contributed by atoms with Crippen LogP contribution in [0.15, 0.2) is 72.8 Å². The summed E-state index contributed by atoms with van der Waals surface area (Å²) >= 11 is 0. The van der Waals surface area contributed by atoms with Crippen LogP contribution in [0.4, 0.5) is 0 Å². The molecule has 5 rings (SSSR count). The number of rotatable bonds is 8. The van der Waals surface area contributed by atoms with Gasteiger partial charge in [-0.05, 0) is 46.0 Å². The van der Waals surface area contributed by atoms with Crippen molar-refractivity contribution in [2.75, 3.05) is 13.2 Å². The SMILES string of the molecule is CCCCCCC(CCC)C1COc2ccc3ccccc3c2-c2c(ccc3ccccc23)OC1. The highest BCUT2D eigenvalue weighted by molar-refractivity contribution is 6.09. The molecule has 1 heterocycles. The lowest BCUT2D eigenvalue weighted by atomic mass is 9.85. The zero-order chi connectivity index (χ0) is 24.0. The molecule has 0 saturated heterocycles. The summed E-state index contributed by atoms with van der Waals surface area (Å²) in [6, 6.07) is 26.0. The molecule has 0 aliphatic carbocycles. The van der Waals surface area contributed by atoms with Gasteiger partial charge in [-0.25, -0.2) is 0 Å². The maximum Gasteiger partial charge on any atom is 0.127 e. The van der Waals surface area contributed by atoms with E-state index in [0.717, 1.165) is 22.6 Å². The van der Waals surface area contributed by atoms with E-state index in [4.69, 9.17) is 9.47 Å². The van der Waals surface area contributed by atoms with Crippen molar-refractivity contribution < 1.29 is 9.47 Å². The molecule has 4 aromatic carbocycles. The van der Waals surface area contributed by atoms with Gasteiger partial charge in [0.2, 0.25) is 0 Å². The van der Waals surface area contributed by atoms with E-state index < -0.39 is 0 Å². The van der Waals surface area contributed by atoms with E-state index in [1.807, 2.05) is 0 Å². The number of hydrogen-bond acceptors (Lipinski definition) is 2. The lowest BCUT2D eigenvalue weighted by Gasteiger charge is -2.27. The first kappa shape index (κ1) is 23.7. The zero-order valence-corrected chi connectivity index (χ0v) is 21.3. The fraction of sp³-hybridized carbons (Fsp3) is 0.394.